The van der Waals surface area contributed by atoms with Gasteiger partial charge >= 0.3 is 0 Å². The fourth-order valence-corrected chi connectivity index (χ4v) is 2.78. The van der Waals surface area contributed by atoms with Crippen LogP contribution in [0.3, 0.4) is 0 Å². The number of aryl methyl sites for hydroxylation is 1. The van der Waals surface area contributed by atoms with Crippen LogP contribution in [0.25, 0.3) is 0 Å². The minimum atomic E-state index is -0.297. The molecule has 0 bridgehead atoms. The number of hydrogen-bond acceptors (Lipinski definition) is 3. The van der Waals surface area contributed by atoms with Gasteiger partial charge in [0.2, 0.25) is 0 Å². The van der Waals surface area contributed by atoms with Crippen LogP contribution >= 0.6 is 0 Å². The Morgan fingerprint density at radius 1 is 1.24 bits per heavy atom. The number of aliphatic hydroxyl groups is 1. The molecule has 0 saturated heterocycles. The van der Waals surface area contributed by atoms with Crippen molar-refractivity contribution in [1.29, 1.82) is 0 Å². The molecule has 2 atom stereocenters. The van der Waals surface area contributed by atoms with Crippen molar-refractivity contribution in [2.45, 2.75) is 44.3 Å². The van der Waals surface area contributed by atoms with E-state index in [1.807, 2.05) is 12.1 Å². The Bertz CT molecular complexity index is 405. The highest BCUT2D eigenvalue weighted by molar-refractivity contribution is 5.63. The molecule has 2 aliphatic rings. The highest BCUT2D eigenvalue weighted by atomic mass is 16.5. The second-order valence-corrected chi connectivity index (χ2v) is 4.98. The molecule has 0 amide bonds. The first-order chi connectivity index (χ1) is 8.34. The lowest BCUT2D eigenvalue weighted by molar-refractivity contribution is 0.0608. The van der Waals surface area contributed by atoms with Crippen molar-refractivity contribution in [2.75, 3.05) is 11.9 Å². The number of aliphatic hydroxyl groups excluding tert-OH is 1. The zero-order valence-corrected chi connectivity index (χ0v) is 9.98. The van der Waals surface area contributed by atoms with Gasteiger partial charge in [-0.25, -0.2) is 0 Å². The molecular formula is C14H19NO2. The van der Waals surface area contributed by atoms with Crippen LogP contribution in [0.4, 0.5) is 5.69 Å². The maximum Gasteiger partial charge on any atom is 0.143 e. The largest absolute Gasteiger partial charge is 0.486 e. The zero-order valence-electron chi connectivity index (χ0n) is 9.98. The number of anilines is 1. The Hall–Kier alpha value is -1.22. The van der Waals surface area contributed by atoms with Gasteiger partial charge in [-0.15, -0.1) is 0 Å². The van der Waals surface area contributed by atoms with E-state index in [0.717, 1.165) is 43.7 Å². The molecule has 1 aromatic rings. The summed E-state index contributed by atoms with van der Waals surface area (Å²) in [6, 6.07) is 6.20. The first-order valence-electron chi connectivity index (χ1n) is 6.55. The van der Waals surface area contributed by atoms with Crippen molar-refractivity contribution in [1.82, 2.24) is 0 Å². The van der Waals surface area contributed by atoms with E-state index in [2.05, 4.69) is 11.4 Å². The topological polar surface area (TPSA) is 41.5 Å². The predicted molar refractivity (Wildman–Crippen MR) is 67.5 cm³/mol. The van der Waals surface area contributed by atoms with Gasteiger partial charge in [-0.3, -0.25) is 0 Å². The molecule has 0 aromatic heterocycles. The summed E-state index contributed by atoms with van der Waals surface area (Å²) in [7, 11) is 0. The molecule has 1 aliphatic carbocycles. The van der Waals surface area contributed by atoms with Crippen LogP contribution in [-0.2, 0) is 6.42 Å². The van der Waals surface area contributed by atoms with Crippen LogP contribution < -0.4 is 10.1 Å². The van der Waals surface area contributed by atoms with Crippen LogP contribution in [0.5, 0.6) is 5.75 Å². The van der Waals surface area contributed by atoms with Crippen molar-refractivity contribution >= 4 is 5.69 Å². The van der Waals surface area contributed by atoms with E-state index in [1.54, 1.807) is 0 Å². The van der Waals surface area contributed by atoms with Gasteiger partial charge in [0.1, 0.15) is 11.9 Å². The lowest BCUT2D eigenvalue weighted by Gasteiger charge is -2.24. The van der Waals surface area contributed by atoms with E-state index < -0.39 is 0 Å². The minimum absolute atomic E-state index is 0.0229. The standard InChI is InChI=1S/C14H19NO2/c16-11-6-2-7-12(11)17-13-8-1-4-10-5-3-9-15-14(10)13/h1,4,8,11-12,15-16H,2-3,5-7,9H2. The van der Waals surface area contributed by atoms with Gasteiger partial charge in [0.05, 0.1) is 11.8 Å². The summed E-state index contributed by atoms with van der Waals surface area (Å²) in [5.41, 5.74) is 2.47. The number of nitrogens with one attached hydrogen (secondary N) is 1. The normalized spacial score (nSPS) is 27.4. The number of hydrogen-bond donors (Lipinski definition) is 2. The van der Waals surface area contributed by atoms with Gasteiger partial charge < -0.3 is 15.2 Å². The first-order valence-corrected chi connectivity index (χ1v) is 6.55. The van der Waals surface area contributed by atoms with E-state index in [4.69, 9.17) is 4.74 Å². The van der Waals surface area contributed by atoms with Crippen LogP contribution in [0.15, 0.2) is 18.2 Å². The summed E-state index contributed by atoms with van der Waals surface area (Å²) in [6.45, 7) is 1.01. The predicted octanol–water partition coefficient (Wildman–Crippen LogP) is 2.34. The molecule has 1 heterocycles. The number of fused-ring (bicyclic) bond motifs is 1. The second-order valence-electron chi connectivity index (χ2n) is 4.98. The molecule has 3 heteroatoms. The van der Waals surface area contributed by atoms with Crippen LogP contribution in [0.2, 0.25) is 0 Å². The maximum absolute atomic E-state index is 9.81. The average molecular weight is 233 g/mol. The molecule has 2 unspecified atom stereocenters. The SMILES string of the molecule is OC1CCCC1Oc1cccc2c1NCCC2. The highest BCUT2D eigenvalue weighted by Gasteiger charge is 2.28. The van der Waals surface area contributed by atoms with E-state index in [-0.39, 0.29) is 12.2 Å². The van der Waals surface area contributed by atoms with Crippen LogP contribution in [0, 0.1) is 0 Å². The molecule has 1 fully saturated rings. The Morgan fingerprint density at radius 3 is 3.00 bits per heavy atom. The third-order valence-electron chi connectivity index (χ3n) is 3.73. The monoisotopic (exact) mass is 233 g/mol. The fourth-order valence-electron chi connectivity index (χ4n) is 2.78. The van der Waals surface area contributed by atoms with Gasteiger partial charge in [-0.05, 0) is 43.7 Å². The molecule has 1 aliphatic heterocycles. The van der Waals surface area contributed by atoms with Gasteiger partial charge in [-0.1, -0.05) is 12.1 Å². The number of para-hydroxylation sites is 1. The fraction of sp³-hybridized carbons (Fsp3) is 0.571. The van der Waals surface area contributed by atoms with E-state index in [9.17, 15) is 5.11 Å². The molecular weight excluding hydrogens is 214 g/mol. The molecule has 2 N–H and O–H groups in total. The summed E-state index contributed by atoms with van der Waals surface area (Å²) in [5, 5.41) is 13.2. The third kappa shape index (κ3) is 2.12. The molecule has 0 spiro atoms. The minimum Gasteiger partial charge on any atom is -0.486 e. The number of ether oxygens (including phenoxy) is 1. The van der Waals surface area contributed by atoms with Crippen molar-refractivity contribution in [3.05, 3.63) is 23.8 Å². The Kier molecular flexibility index (Phi) is 2.93. The van der Waals surface area contributed by atoms with Gasteiger partial charge in [0.15, 0.2) is 0 Å². The number of rotatable bonds is 2. The summed E-state index contributed by atoms with van der Waals surface area (Å²) in [5.74, 6) is 0.910. The molecule has 1 saturated carbocycles. The van der Waals surface area contributed by atoms with Crippen molar-refractivity contribution in [3.63, 3.8) is 0 Å². The van der Waals surface area contributed by atoms with E-state index >= 15 is 0 Å². The average Bonchev–Trinajstić information content (AvgIpc) is 2.76. The molecule has 17 heavy (non-hydrogen) atoms. The second kappa shape index (κ2) is 4.57. The summed E-state index contributed by atoms with van der Waals surface area (Å²) >= 11 is 0. The van der Waals surface area contributed by atoms with E-state index in [1.165, 1.54) is 12.0 Å². The highest BCUT2D eigenvalue weighted by Crippen LogP contribution is 2.34. The Labute approximate surface area is 102 Å². The van der Waals surface area contributed by atoms with Gasteiger partial charge in [-0.2, -0.15) is 0 Å². The summed E-state index contributed by atoms with van der Waals surface area (Å²) in [6.07, 6.45) is 4.88. The lowest BCUT2D eigenvalue weighted by atomic mass is 10.0. The van der Waals surface area contributed by atoms with Crippen molar-refractivity contribution < 1.29 is 9.84 Å². The van der Waals surface area contributed by atoms with Gasteiger partial charge in [0.25, 0.3) is 0 Å². The first kappa shape index (κ1) is 10.9. The summed E-state index contributed by atoms with van der Waals surface area (Å²) in [4.78, 5) is 0. The molecule has 0 radical (unpaired) electrons. The zero-order chi connectivity index (χ0) is 11.7. The summed E-state index contributed by atoms with van der Waals surface area (Å²) < 4.78 is 5.97. The Morgan fingerprint density at radius 2 is 2.18 bits per heavy atom. The Balaban J connectivity index is 1.82. The van der Waals surface area contributed by atoms with E-state index in [0.29, 0.717) is 0 Å². The quantitative estimate of drug-likeness (QED) is 0.823. The number of benzene rings is 1. The molecule has 1 aromatic carbocycles. The van der Waals surface area contributed by atoms with Crippen molar-refractivity contribution in [2.24, 2.45) is 0 Å². The molecule has 92 valence electrons. The third-order valence-corrected chi connectivity index (χ3v) is 3.73. The smallest absolute Gasteiger partial charge is 0.143 e. The lowest BCUT2D eigenvalue weighted by Crippen LogP contribution is -2.26. The molecule has 3 nitrogen and oxygen atoms in total. The molecule has 3 rings (SSSR count). The van der Waals surface area contributed by atoms with Crippen LogP contribution in [0.1, 0.15) is 31.2 Å². The maximum atomic E-state index is 9.81. The van der Waals surface area contributed by atoms with Crippen molar-refractivity contribution in [3.8, 4) is 5.75 Å². The van der Waals surface area contributed by atoms with Crippen LogP contribution in [-0.4, -0.2) is 23.9 Å². The van der Waals surface area contributed by atoms with Gasteiger partial charge in [0, 0.05) is 6.54 Å².